The third-order valence-electron chi connectivity index (χ3n) is 2.82. The van der Waals surface area contributed by atoms with E-state index in [0.29, 0.717) is 17.5 Å². The van der Waals surface area contributed by atoms with Crippen molar-refractivity contribution in [3.8, 4) is 0 Å². The van der Waals surface area contributed by atoms with Gasteiger partial charge in [-0.15, -0.1) is 0 Å². The minimum atomic E-state index is -0.921. The summed E-state index contributed by atoms with van der Waals surface area (Å²) in [5, 5.41) is 2.38. The summed E-state index contributed by atoms with van der Waals surface area (Å²) in [6, 6.07) is 8.25. The van der Waals surface area contributed by atoms with Crippen LogP contribution in [0.4, 0.5) is 14.5 Å². The average Bonchev–Trinajstić information content (AvgIpc) is 2.44. The summed E-state index contributed by atoms with van der Waals surface area (Å²) in [6.45, 7) is 1.45. The molecule has 0 atom stereocenters. The molecule has 0 bridgehead atoms. The molecular formula is C15H11F2NO2. The van der Waals surface area contributed by atoms with Gasteiger partial charge in [0, 0.05) is 11.3 Å². The van der Waals surface area contributed by atoms with Crippen LogP contribution in [0.25, 0.3) is 0 Å². The maximum atomic E-state index is 13.8. The fraction of sp³-hybridized carbons (Fsp3) is 0.0667. The maximum Gasteiger partial charge on any atom is 0.261 e. The van der Waals surface area contributed by atoms with E-state index in [0.717, 1.165) is 6.07 Å². The first-order valence-corrected chi connectivity index (χ1v) is 5.84. The number of nitrogens with one attached hydrogen (secondary N) is 1. The Morgan fingerprint density at radius 3 is 2.35 bits per heavy atom. The van der Waals surface area contributed by atoms with Crippen LogP contribution in [0.1, 0.15) is 26.3 Å². The van der Waals surface area contributed by atoms with Gasteiger partial charge in [-0.1, -0.05) is 6.07 Å². The van der Waals surface area contributed by atoms with E-state index in [4.69, 9.17) is 0 Å². The zero-order valence-electron chi connectivity index (χ0n) is 10.6. The summed E-state index contributed by atoms with van der Waals surface area (Å²) < 4.78 is 27.3. The molecule has 1 amide bonds. The number of amides is 1. The minimum Gasteiger partial charge on any atom is -0.322 e. The standard InChI is InChI=1S/C15H11F2NO2/c1-9-2-7-12(16)13(14(9)17)15(20)18-11-5-3-10(8-19)4-6-11/h2-8H,1H3,(H,18,20). The molecule has 0 aliphatic heterocycles. The van der Waals surface area contributed by atoms with Crippen LogP contribution in [0, 0.1) is 18.6 Å². The predicted octanol–water partition coefficient (Wildman–Crippen LogP) is 3.34. The topological polar surface area (TPSA) is 46.2 Å². The molecule has 2 aromatic carbocycles. The largest absolute Gasteiger partial charge is 0.322 e. The highest BCUT2D eigenvalue weighted by Crippen LogP contribution is 2.18. The molecular weight excluding hydrogens is 264 g/mol. The summed E-state index contributed by atoms with van der Waals surface area (Å²) in [5.74, 6) is -2.68. The summed E-state index contributed by atoms with van der Waals surface area (Å²) in [5.41, 5.74) is 0.356. The predicted molar refractivity (Wildman–Crippen MR) is 70.9 cm³/mol. The van der Waals surface area contributed by atoms with Crippen molar-refractivity contribution in [3.63, 3.8) is 0 Å². The third-order valence-corrected chi connectivity index (χ3v) is 2.82. The fourth-order valence-electron chi connectivity index (χ4n) is 1.70. The van der Waals surface area contributed by atoms with Crippen LogP contribution in [-0.4, -0.2) is 12.2 Å². The first-order chi connectivity index (χ1) is 9.52. The molecule has 0 aromatic heterocycles. The first kappa shape index (κ1) is 13.9. The quantitative estimate of drug-likeness (QED) is 0.873. The highest BCUT2D eigenvalue weighted by atomic mass is 19.1. The van der Waals surface area contributed by atoms with Gasteiger partial charge in [0.1, 0.15) is 23.5 Å². The lowest BCUT2D eigenvalue weighted by Gasteiger charge is -2.08. The van der Waals surface area contributed by atoms with Crippen molar-refractivity contribution in [1.82, 2.24) is 0 Å². The molecule has 0 heterocycles. The number of carbonyl (C=O) groups is 2. The molecule has 0 radical (unpaired) electrons. The Bertz CT molecular complexity index is 666. The molecule has 0 aliphatic carbocycles. The van der Waals surface area contributed by atoms with Gasteiger partial charge in [-0.3, -0.25) is 9.59 Å². The number of rotatable bonds is 3. The van der Waals surface area contributed by atoms with E-state index in [2.05, 4.69) is 5.32 Å². The van der Waals surface area contributed by atoms with E-state index >= 15 is 0 Å². The second-order valence-electron chi connectivity index (χ2n) is 4.25. The van der Waals surface area contributed by atoms with Gasteiger partial charge in [-0.25, -0.2) is 8.78 Å². The van der Waals surface area contributed by atoms with Crippen molar-refractivity contribution >= 4 is 17.9 Å². The average molecular weight is 275 g/mol. The fourth-order valence-corrected chi connectivity index (χ4v) is 1.70. The van der Waals surface area contributed by atoms with Crippen molar-refractivity contribution < 1.29 is 18.4 Å². The van der Waals surface area contributed by atoms with E-state index in [-0.39, 0.29) is 5.56 Å². The molecule has 1 N–H and O–H groups in total. The Kier molecular flexibility index (Phi) is 3.89. The molecule has 0 aliphatic rings. The van der Waals surface area contributed by atoms with Crippen molar-refractivity contribution in [2.24, 2.45) is 0 Å². The van der Waals surface area contributed by atoms with Gasteiger partial charge in [-0.2, -0.15) is 0 Å². The number of hydrogen-bond donors (Lipinski definition) is 1. The van der Waals surface area contributed by atoms with E-state index < -0.39 is 23.1 Å². The van der Waals surface area contributed by atoms with E-state index in [9.17, 15) is 18.4 Å². The Labute approximate surface area is 114 Å². The third kappa shape index (κ3) is 2.71. The number of aldehydes is 1. The number of aryl methyl sites for hydroxylation is 1. The van der Waals surface area contributed by atoms with Crippen molar-refractivity contribution in [2.75, 3.05) is 5.32 Å². The summed E-state index contributed by atoms with van der Waals surface area (Å²) >= 11 is 0. The molecule has 0 unspecified atom stereocenters. The van der Waals surface area contributed by atoms with Crippen molar-refractivity contribution in [3.05, 3.63) is 64.7 Å². The van der Waals surface area contributed by atoms with Gasteiger partial charge >= 0.3 is 0 Å². The Morgan fingerprint density at radius 2 is 1.75 bits per heavy atom. The molecule has 0 saturated heterocycles. The van der Waals surface area contributed by atoms with Gasteiger partial charge in [0.15, 0.2) is 0 Å². The van der Waals surface area contributed by atoms with Crippen LogP contribution in [0.15, 0.2) is 36.4 Å². The number of hydrogen-bond acceptors (Lipinski definition) is 2. The van der Waals surface area contributed by atoms with Crippen molar-refractivity contribution in [2.45, 2.75) is 6.92 Å². The lowest BCUT2D eigenvalue weighted by atomic mass is 10.1. The maximum absolute atomic E-state index is 13.8. The van der Waals surface area contributed by atoms with Crippen LogP contribution in [-0.2, 0) is 0 Å². The molecule has 0 spiro atoms. The molecule has 0 saturated carbocycles. The Hall–Kier alpha value is -2.56. The zero-order valence-corrected chi connectivity index (χ0v) is 10.6. The van der Waals surface area contributed by atoms with Crippen LogP contribution in [0.5, 0.6) is 0 Å². The smallest absolute Gasteiger partial charge is 0.261 e. The normalized spacial score (nSPS) is 10.2. The molecule has 3 nitrogen and oxygen atoms in total. The molecule has 0 fully saturated rings. The highest BCUT2D eigenvalue weighted by molar-refractivity contribution is 6.04. The van der Waals surface area contributed by atoms with Gasteiger partial charge in [0.2, 0.25) is 0 Å². The van der Waals surface area contributed by atoms with E-state index in [1.165, 1.54) is 37.3 Å². The van der Waals surface area contributed by atoms with Crippen molar-refractivity contribution in [1.29, 1.82) is 0 Å². The number of anilines is 1. The van der Waals surface area contributed by atoms with Gasteiger partial charge in [-0.05, 0) is 42.8 Å². The Morgan fingerprint density at radius 1 is 1.10 bits per heavy atom. The Balaban J connectivity index is 2.28. The van der Waals surface area contributed by atoms with Gasteiger partial charge < -0.3 is 5.32 Å². The monoisotopic (exact) mass is 275 g/mol. The van der Waals surface area contributed by atoms with E-state index in [1.807, 2.05) is 0 Å². The molecule has 2 rings (SSSR count). The van der Waals surface area contributed by atoms with Crippen LogP contribution >= 0.6 is 0 Å². The zero-order chi connectivity index (χ0) is 14.7. The lowest BCUT2D eigenvalue weighted by Crippen LogP contribution is -2.16. The number of halogens is 2. The number of carbonyl (C=O) groups excluding carboxylic acids is 2. The summed E-state index contributed by atoms with van der Waals surface area (Å²) in [4.78, 5) is 22.4. The lowest BCUT2D eigenvalue weighted by molar-refractivity contribution is 0.101. The number of benzene rings is 2. The van der Waals surface area contributed by atoms with Crippen LogP contribution in [0.2, 0.25) is 0 Å². The van der Waals surface area contributed by atoms with E-state index in [1.54, 1.807) is 0 Å². The minimum absolute atomic E-state index is 0.188. The van der Waals surface area contributed by atoms with Crippen LogP contribution in [0.3, 0.4) is 0 Å². The summed E-state index contributed by atoms with van der Waals surface area (Å²) in [6.07, 6.45) is 0.658. The van der Waals surface area contributed by atoms with Gasteiger partial charge in [0.25, 0.3) is 5.91 Å². The second-order valence-corrected chi connectivity index (χ2v) is 4.25. The van der Waals surface area contributed by atoms with Crippen LogP contribution < -0.4 is 5.32 Å². The second kappa shape index (κ2) is 5.61. The summed E-state index contributed by atoms with van der Waals surface area (Å²) in [7, 11) is 0. The molecule has 102 valence electrons. The SMILES string of the molecule is Cc1ccc(F)c(C(=O)Nc2ccc(C=O)cc2)c1F. The van der Waals surface area contributed by atoms with Gasteiger partial charge in [0.05, 0.1) is 0 Å². The first-order valence-electron chi connectivity index (χ1n) is 5.84. The molecule has 20 heavy (non-hydrogen) atoms. The molecule has 5 heteroatoms. The highest BCUT2D eigenvalue weighted by Gasteiger charge is 2.19. The molecule has 2 aromatic rings.